The van der Waals surface area contributed by atoms with Gasteiger partial charge in [0, 0.05) is 30.9 Å². The predicted molar refractivity (Wildman–Crippen MR) is 61.1 cm³/mol. The van der Waals surface area contributed by atoms with Crippen molar-refractivity contribution in [2.24, 2.45) is 0 Å². The van der Waals surface area contributed by atoms with Gasteiger partial charge in [-0.1, -0.05) is 18.2 Å². The summed E-state index contributed by atoms with van der Waals surface area (Å²) in [6, 6.07) is 9.17. The summed E-state index contributed by atoms with van der Waals surface area (Å²) in [6.07, 6.45) is 4.19. The van der Waals surface area contributed by atoms with E-state index < -0.39 is 0 Å². The number of aromatic nitrogens is 2. The lowest BCUT2D eigenvalue weighted by Gasteiger charge is -2.03. The molecule has 0 aliphatic heterocycles. The van der Waals surface area contributed by atoms with Crippen LogP contribution < -0.4 is 5.32 Å². The Morgan fingerprint density at radius 1 is 1.31 bits per heavy atom. The molecular weight excluding hydrogens is 202 g/mol. The van der Waals surface area contributed by atoms with Gasteiger partial charge in [-0.3, -0.25) is 4.79 Å². The first-order valence-corrected chi connectivity index (χ1v) is 5.18. The number of nitrogens with one attached hydrogen (secondary N) is 2. The monoisotopic (exact) mass is 215 g/mol. The van der Waals surface area contributed by atoms with Crippen molar-refractivity contribution in [2.45, 2.75) is 6.42 Å². The Morgan fingerprint density at radius 2 is 2.12 bits per heavy atom. The van der Waals surface area contributed by atoms with Crippen LogP contribution >= 0.6 is 0 Å². The van der Waals surface area contributed by atoms with Crippen LogP contribution in [-0.4, -0.2) is 22.4 Å². The van der Waals surface area contributed by atoms with Crippen LogP contribution in [-0.2, 0) is 6.42 Å². The Morgan fingerprint density at radius 3 is 2.81 bits per heavy atom. The zero-order valence-electron chi connectivity index (χ0n) is 8.81. The molecule has 0 radical (unpaired) electrons. The molecule has 0 aliphatic carbocycles. The van der Waals surface area contributed by atoms with Gasteiger partial charge in [0.05, 0.1) is 0 Å². The standard InChI is InChI=1S/C12H13N3O/c16-12(10-4-2-1-3-5-10)15-7-6-11-13-8-9-14-11/h1-5,8-9H,6-7H2,(H,13,14)(H,15,16). The van der Waals surface area contributed by atoms with Gasteiger partial charge in [0.25, 0.3) is 5.91 Å². The molecule has 4 nitrogen and oxygen atoms in total. The Labute approximate surface area is 93.7 Å². The van der Waals surface area contributed by atoms with Crippen LogP contribution in [0.25, 0.3) is 0 Å². The summed E-state index contributed by atoms with van der Waals surface area (Å²) in [7, 11) is 0. The number of imidazole rings is 1. The normalized spacial score (nSPS) is 10.0. The molecule has 2 rings (SSSR count). The van der Waals surface area contributed by atoms with Crippen molar-refractivity contribution in [1.82, 2.24) is 15.3 Å². The summed E-state index contributed by atoms with van der Waals surface area (Å²) in [6.45, 7) is 0.585. The van der Waals surface area contributed by atoms with Gasteiger partial charge < -0.3 is 10.3 Å². The molecule has 0 spiro atoms. The number of hydrogen-bond donors (Lipinski definition) is 2. The Bertz CT molecular complexity index is 437. The minimum Gasteiger partial charge on any atom is -0.352 e. The molecule has 0 saturated carbocycles. The van der Waals surface area contributed by atoms with E-state index in [0.29, 0.717) is 18.5 Å². The highest BCUT2D eigenvalue weighted by Gasteiger charge is 2.03. The molecule has 4 heteroatoms. The largest absolute Gasteiger partial charge is 0.352 e. The first kappa shape index (κ1) is 10.4. The first-order valence-electron chi connectivity index (χ1n) is 5.18. The molecule has 1 aromatic heterocycles. The van der Waals surface area contributed by atoms with Crippen molar-refractivity contribution in [2.75, 3.05) is 6.54 Å². The van der Waals surface area contributed by atoms with Crippen molar-refractivity contribution >= 4 is 5.91 Å². The molecule has 0 saturated heterocycles. The number of aromatic amines is 1. The van der Waals surface area contributed by atoms with E-state index in [4.69, 9.17) is 0 Å². The lowest BCUT2D eigenvalue weighted by Crippen LogP contribution is -2.25. The Hall–Kier alpha value is -2.10. The fraction of sp³-hybridized carbons (Fsp3) is 0.167. The molecule has 1 amide bonds. The van der Waals surface area contributed by atoms with Gasteiger partial charge in [-0.25, -0.2) is 4.98 Å². The van der Waals surface area contributed by atoms with Crippen LogP contribution in [0.3, 0.4) is 0 Å². The second-order valence-electron chi connectivity index (χ2n) is 3.41. The van der Waals surface area contributed by atoms with E-state index in [1.807, 2.05) is 18.2 Å². The minimum absolute atomic E-state index is 0.0489. The summed E-state index contributed by atoms with van der Waals surface area (Å²) in [5.41, 5.74) is 0.682. The molecule has 0 unspecified atom stereocenters. The van der Waals surface area contributed by atoms with Crippen LogP contribution in [0.2, 0.25) is 0 Å². The molecule has 0 aliphatic rings. The quantitative estimate of drug-likeness (QED) is 0.809. The van der Waals surface area contributed by atoms with Crippen molar-refractivity contribution in [3.05, 3.63) is 54.1 Å². The zero-order chi connectivity index (χ0) is 11.2. The van der Waals surface area contributed by atoms with Crippen LogP contribution in [0.4, 0.5) is 0 Å². The molecule has 0 bridgehead atoms. The van der Waals surface area contributed by atoms with Gasteiger partial charge in [-0.2, -0.15) is 0 Å². The van der Waals surface area contributed by atoms with E-state index in [2.05, 4.69) is 15.3 Å². The maximum Gasteiger partial charge on any atom is 0.251 e. The van der Waals surface area contributed by atoms with Gasteiger partial charge in [0.1, 0.15) is 5.82 Å². The summed E-state index contributed by atoms with van der Waals surface area (Å²) in [5.74, 6) is 0.834. The summed E-state index contributed by atoms with van der Waals surface area (Å²) >= 11 is 0. The number of carbonyl (C=O) groups excluding carboxylic acids is 1. The van der Waals surface area contributed by atoms with Gasteiger partial charge in [-0.15, -0.1) is 0 Å². The average molecular weight is 215 g/mol. The first-order chi connectivity index (χ1) is 7.86. The smallest absolute Gasteiger partial charge is 0.251 e. The molecule has 0 atom stereocenters. The maximum absolute atomic E-state index is 11.6. The predicted octanol–water partition coefficient (Wildman–Crippen LogP) is 1.38. The van der Waals surface area contributed by atoms with Gasteiger partial charge in [0.2, 0.25) is 0 Å². The van der Waals surface area contributed by atoms with Gasteiger partial charge in [-0.05, 0) is 12.1 Å². The van der Waals surface area contributed by atoms with E-state index in [0.717, 1.165) is 5.82 Å². The van der Waals surface area contributed by atoms with E-state index in [-0.39, 0.29) is 5.91 Å². The second kappa shape index (κ2) is 5.11. The number of rotatable bonds is 4. The van der Waals surface area contributed by atoms with Gasteiger partial charge >= 0.3 is 0 Å². The molecule has 0 fully saturated rings. The highest BCUT2D eigenvalue weighted by Crippen LogP contribution is 1.97. The summed E-state index contributed by atoms with van der Waals surface area (Å²) in [5, 5.41) is 2.84. The molecule has 2 N–H and O–H groups in total. The van der Waals surface area contributed by atoms with E-state index in [1.54, 1.807) is 24.5 Å². The highest BCUT2D eigenvalue weighted by molar-refractivity contribution is 5.94. The molecule has 82 valence electrons. The van der Waals surface area contributed by atoms with Crippen LogP contribution in [0.5, 0.6) is 0 Å². The highest BCUT2D eigenvalue weighted by atomic mass is 16.1. The number of H-pyrrole nitrogens is 1. The van der Waals surface area contributed by atoms with Crippen molar-refractivity contribution < 1.29 is 4.79 Å². The van der Waals surface area contributed by atoms with Crippen molar-refractivity contribution in [3.63, 3.8) is 0 Å². The van der Waals surface area contributed by atoms with Crippen LogP contribution in [0, 0.1) is 0 Å². The van der Waals surface area contributed by atoms with E-state index in [1.165, 1.54) is 0 Å². The molecule has 2 aromatic rings. The molecule has 1 heterocycles. The lowest BCUT2D eigenvalue weighted by molar-refractivity contribution is 0.0954. The number of carbonyl (C=O) groups is 1. The van der Waals surface area contributed by atoms with Crippen molar-refractivity contribution in [3.8, 4) is 0 Å². The second-order valence-corrected chi connectivity index (χ2v) is 3.41. The van der Waals surface area contributed by atoms with Crippen LogP contribution in [0.1, 0.15) is 16.2 Å². The number of benzene rings is 1. The Kier molecular flexibility index (Phi) is 3.33. The third-order valence-electron chi connectivity index (χ3n) is 2.24. The third kappa shape index (κ3) is 2.70. The Balaban J connectivity index is 1.81. The van der Waals surface area contributed by atoms with Gasteiger partial charge in [0.15, 0.2) is 0 Å². The lowest BCUT2D eigenvalue weighted by atomic mass is 10.2. The molecule has 1 aromatic carbocycles. The minimum atomic E-state index is -0.0489. The fourth-order valence-corrected chi connectivity index (χ4v) is 1.42. The SMILES string of the molecule is O=C(NCCc1ncc[nH]1)c1ccccc1. The van der Waals surface area contributed by atoms with Crippen molar-refractivity contribution in [1.29, 1.82) is 0 Å². The number of hydrogen-bond acceptors (Lipinski definition) is 2. The molecular formula is C12H13N3O. The van der Waals surface area contributed by atoms with Crippen LogP contribution in [0.15, 0.2) is 42.7 Å². The number of amides is 1. The summed E-state index contributed by atoms with van der Waals surface area (Å²) < 4.78 is 0. The number of nitrogens with zero attached hydrogens (tertiary/aromatic N) is 1. The summed E-state index contributed by atoms with van der Waals surface area (Å²) in [4.78, 5) is 18.7. The third-order valence-corrected chi connectivity index (χ3v) is 2.24. The van der Waals surface area contributed by atoms with E-state index in [9.17, 15) is 4.79 Å². The average Bonchev–Trinajstić information content (AvgIpc) is 2.83. The topological polar surface area (TPSA) is 57.8 Å². The molecule has 16 heavy (non-hydrogen) atoms. The van der Waals surface area contributed by atoms with E-state index >= 15 is 0 Å². The maximum atomic E-state index is 11.6. The fourth-order valence-electron chi connectivity index (χ4n) is 1.42. The zero-order valence-corrected chi connectivity index (χ0v) is 8.81.